The fraction of sp³-hybridized carbons (Fsp3) is 0.0400. The van der Waals surface area contributed by atoms with Crippen LogP contribution in [0.25, 0.3) is 106 Å². The zero-order valence-corrected chi connectivity index (χ0v) is 31.1. The van der Waals surface area contributed by atoms with Gasteiger partial charge in [0.25, 0.3) is 0 Å². The summed E-state index contributed by atoms with van der Waals surface area (Å²) in [6.07, 6.45) is 6.91. The molecule has 6 heteroatoms. The maximum absolute atomic E-state index is 5.45. The SMILES string of the molecule is C1=c2c(n(-c3ccccc3)c3sc4c(-c5ccccc5)nc5cccc(-c6ccc(-c7nc(-c8ccccc8)nc(-c8ccccc8)n7)cc6)c5c4c23)=CCC1. The minimum atomic E-state index is 0.638. The molecule has 0 aliphatic heterocycles. The predicted octanol–water partition coefficient (Wildman–Crippen LogP) is 11.3. The molecule has 0 N–H and O–H groups in total. The van der Waals surface area contributed by atoms with E-state index in [9.17, 15) is 0 Å². The molecule has 1 aliphatic rings. The first-order valence-electron chi connectivity index (χ1n) is 19.0. The topological polar surface area (TPSA) is 56.5 Å². The van der Waals surface area contributed by atoms with Crippen molar-refractivity contribution < 1.29 is 0 Å². The minimum absolute atomic E-state index is 0.638. The number of nitrogens with zero attached hydrogens (tertiary/aromatic N) is 5. The Morgan fingerprint density at radius 1 is 0.429 bits per heavy atom. The number of benzene rings is 6. The highest BCUT2D eigenvalue weighted by atomic mass is 32.1. The minimum Gasteiger partial charge on any atom is -0.301 e. The van der Waals surface area contributed by atoms with E-state index in [1.165, 1.54) is 41.9 Å². The van der Waals surface area contributed by atoms with Gasteiger partial charge in [0.05, 0.1) is 21.3 Å². The van der Waals surface area contributed by atoms with Gasteiger partial charge in [0.2, 0.25) is 0 Å². The van der Waals surface area contributed by atoms with Crippen molar-refractivity contribution in [3.8, 4) is 62.2 Å². The van der Waals surface area contributed by atoms with Crippen LogP contribution < -0.4 is 10.6 Å². The molecule has 0 radical (unpaired) electrons. The van der Waals surface area contributed by atoms with Gasteiger partial charge in [0, 0.05) is 49.3 Å². The number of fused-ring (bicyclic) bond motifs is 7. The monoisotopic (exact) mass is 735 g/mol. The molecule has 0 bridgehead atoms. The highest BCUT2D eigenvalue weighted by Gasteiger charge is 2.24. The summed E-state index contributed by atoms with van der Waals surface area (Å²) in [4.78, 5) is 21.6. The number of rotatable bonds is 6. The van der Waals surface area contributed by atoms with Crippen molar-refractivity contribution in [3.63, 3.8) is 0 Å². The average Bonchev–Trinajstić information content (AvgIpc) is 3.82. The zero-order chi connectivity index (χ0) is 37.0. The van der Waals surface area contributed by atoms with Crippen LogP contribution in [0.2, 0.25) is 0 Å². The first-order valence-corrected chi connectivity index (χ1v) is 19.8. The molecular formula is C50H33N5S. The summed E-state index contributed by atoms with van der Waals surface area (Å²) >= 11 is 1.85. The van der Waals surface area contributed by atoms with Gasteiger partial charge < -0.3 is 4.57 Å². The van der Waals surface area contributed by atoms with E-state index < -0.39 is 0 Å². The predicted molar refractivity (Wildman–Crippen MR) is 232 cm³/mol. The van der Waals surface area contributed by atoms with E-state index in [0.717, 1.165) is 57.4 Å². The average molecular weight is 736 g/mol. The third-order valence-electron chi connectivity index (χ3n) is 10.7. The maximum Gasteiger partial charge on any atom is 0.164 e. The van der Waals surface area contributed by atoms with Crippen LogP contribution >= 0.6 is 11.3 Å². The Balaban J connectivity index is 1.14. The molecule has 0 saturated heterocycles. The molecule has 4 heterocycles. The fourth-order valence-corrected chi connectivity index (χ4v) is 9.48. The van der Waals surface area contributed by atoms with Crippen molar-refractivity contribution in [2.45, 2.75) is 12.8 Å². The van der Waals surface area contributed by atoms with Crippen molar-refractivity contribution >= 4 is 54.7 Å². The summed E-state index contributed by atoms with van der Waals surface area (Å²) in [5.74, 6) is 1.94. The Labute approximate surface area is 327 Å². The van der Waals surface area contributed by atoms with Gasteiger partial charge in [-0.05, 0) is 42.2 Å². The van der Waals surface area contributed by atoms with Crippen LogP contribution in [0.15, 0.2) is 164 Å². The lowest BCUT2D eigenvalue weighted by molar-refractivity contribution is 1.03. The number of aromatic nitrogens is 5. The number of hydrogen-bond donors (Lipinski definition) is 0. The molecule has 0 amide bonds. The smallest absolute Gasteiger partial charge is 0.164 e. The van der Waals surface area contributed by atoms with E-state index in [1.54, 1.807) is 0 Å². The molecule has 0 spiro atoms. The fourth-order valence-electron chi connectivity index (χ4n) is 8.11. The molecule has 11 rings (SSSR count). The Morgan fingerprint density at radius 2 is 0.964 bits per heavy atom. The van der Waals surface area contributed by atoms with Gasteiger partial charge in [-0.15, -0.1) is 11.3 Å². The number of hydrogen-bond acceptors (Lipinski definition) is 5. The maximum atomic E-state index is 5.45. The highest BCUT2D eigenvalue weighted by molar-refractivity contribution is 7.26. The molecule has 56 heavy (non-hydrogen) atoms. The van der Waals surface area contributed by atoms with Crippen molar-refractivity contribution in [2.75, 3.05) is 0 Å². The largest absolute Gasteiger partial charge is 0.301 e. The number of para-hydroxylation sites is 1. The van der Waals surface area contributed by atoms with Gasteiger partial charge in [-0.1, -0.05) is 158 Å². The van der Waals surface area contributed by atoms with Crippen LogP contribution in [0.3, 0.4) is 0 Å². The van der Waals surface area contributed by atoms with Gasteiger partial charge in [-0.25, -0.2) is 19.9 Å². The summed E-state index contributed by atoms with van der Waals surface area (Å²) in [5, 5.41) is 6.34. The molecule has 0 fully saturated rings. The van der Waals surface area contributed by atoms with Crippen molar-refractivity contribution in [3.05, 3.63) is 174 Å². The van der Waals surface area contributed by atoms with E-state index in [-0.39, 0.29) is 0 Å². The molecule has 0 unspecified atom stereocenters. The van der Waals surface area contributed by atoms with Crippen LogP contribution in [-0.4, -0.2) is 24.5 Å². The van der Waals surface area contributed by atoms with Gasteiger partial charge in [0.15, 0.2) is 17.5 Å². The zero-order valence-electron chi connectivity index (χ0n) is 30.3. The Kier molecular flexibility index (Phi) is 7.74. The van der Waals surface area contributed by atoms with Crippen molar-refractivity contribution in [1.82, 2.24) is 24.5 Å². The summed E-state index contributed by atoms with van der Waals surface area (Å²) in [6, 6.07) is 56.8. The Bertz CT molecular complexity index is 3150. The lowest BCUT2D eigenvalue weighted by Gasteiger charge is -2.13. The normalized spacial score (nSPS) is 12.4. The standard InChI is InChI=1S/C50H33N5S/c1-5-16-33(17-6-1)45-46-44(43-39-24-13-14-27-41(39)55(50(43)56-46)37-22-11-4-12-23-37)42-38(25-15-26-40(42)51-45)32-28-30-36(31-29-32)49-53-47(34-18-7-2-8-19-34)52-48(54-49)35-20-9-3-10-21-35/h1-12,15-31H,13-14H2. The third kappa shape index (κ3) is 5.37. The van der Waals surface area contributed by atoms with Gasteiger partial charge in [0.1, 0.15) is 4.83 Å². The van der Waals surface area contributed by atoms with E-state index in [2.05, 4.69) is 120 Å². The first-order chi connectivity index (χ1) is 27.8. The first kappa shape index (κ1) is 32.4. The Morgan fingerprint density at radius 3 is 1.59 bits per heavy atom. The molecule has 0 saturated carbocycles. The van der Waals surface area contributed by atoms with E-state index in [4.69, 9.17) is 19.9 Å². The summed E-state index contributed by atoms with van der Waals surface area (Å²) in [7, 11) is 0. The van der Waals surface area contributed by atoms with Gasteiger partial charge >= 0.3 is 0 Å². The van der Waals surface area contributed by atoms with Crippen LogP contribution in [-0.2, 0) is 0 Å². The lowest BCUT2D eigenvalue weighted by atomic mass is 9.95. The summed E-state index contributed by atoms with van der Waals surface area (Å²) < 4.78 is 3.67. The quantitative estimate of drug-likeness (QED) is 0.171. The summed E-state index contributed by atoms with van der Waals surface area (Å²) in [6.45, 7) is 0. The van der Waals surface area contributed by atoms with Crippen LogP contribution in [0.1, 0.15) is 12.8 Å². The molecule has 0 atom stereocenters. The summed E-state index contributed by atoms with van der Waals surface area (Å²) in [5.41, 5.74) is 9.40. The molecule has 5 nitrogen and oxygen atoms in total. The number of thiophene rings is 1. The van der Waals surface area contributed by atoms with Crippen molar-refractivity contribution in [1.29, 1.82) is 0 Å². The molecule has 4 aromatic heterocycles. The van der Waals surface area contributed by atoms with Crippen LogP contribution in [0.5, 0.6) is 0 Å². The highest BCUT2D eigenvalue weighted by Crippen LogP contribution is 2.45. The lowest BCUT2D eigenvalue weighted by Crippen LogP contribution is -2.30. The second kappa shape index (κ2) is 13.4. The van der Waals surface area contributed by atoms with Gasteiger partial charge in [-0.2, -0.15) is 0 Å². The van der Waals surface area contributed by atoms with E-state index in [1.807, 2.05) is 72.0 Å². The molecule has 10 aromatic rings. The van der Waals surface area contributed by atoms with Crippen LogP contribution in [0, 0.1) is 0 Å². The second-order valence-corrected chi connectivity index (χ2v) is 15.1. The second-order valence-electron chi connectivity index (χ2n) is 14.1. The molecule has 1 aliphatic carbocycles. The molecule has 6 aromatic carbocycles. The van der Waals surface area contributed by atoms with Crippen molar-refractivity contribution in [2.24, 2.45) is 0 Å². The molecule has 264 valence electrons. The Hall–Kier alpha value is -7.02. The van der Waals surface area contributed by atoms with Gasteiger partial charge in [-0.3, -0.25) is 0 Å². The van der Waals surface area contributed by atoms with Crippen LogP contribution in [0.4, 0.5) is 0 Å². The third-order valence-corrected chi connectivity index (χ3v) is 11.9. The van der Waals surface area contributed by atoms with E-state index >= 15 is 0 Å². The molecular weight excluding hydrogens is 703 g/mol. The number of pyridine rings is 1. The van der Waals surface area contributed by atoms with E-state index in [0.29, 0.717) is 17.5 Å².